The maximum Gasteiger partial charge on any atom is 0.127 e. The molecule has 8 bridgehead atoms. The van der Waals surface area contributed by atoms with E-state index in [1.807, 2.05) is 24.5 Å². The molecule has 0 saturated carbocycles. The molecule has 13 rings (SSSR count). The fourth-order valence-electron chi connectivity index (χ4n) is 14.7. The van der Waals surface area contributed by atoms with Crippen molar-refractivity contribution in [1.29, 1.82) is 0 Å². The Labute approximate surface area is 648 Å². The Morgan fingerprint density at radius 3 is 0.817 bits per heavy atom. The second kappa shape index (κ2) is 39.1. The summed E-state index contributed by atoms with van der Waals surface area (Å²) in [6, 6.07) is 69.9. The number of pyridine rings is 1. The zero-order valence-electron chi connectivity index (χ0n) is 64.8. The largest absolute Gasteiger partial charge is 0.493 e. The molecule has 11 aromatic rings. The zero-order chi connectivity index (χ0) is 74.8. The van der Waals surface area contributed by atoms with Crippen LogP contribution in [0.25, 0.3) is 139 Å². The van der Waals surface area contributed by atoms with Crippen molar-refractivity contribution in [3.05, 3.63) is 290 Å². The van der Waals surface area contributed by atoms with Crippen LogP contribution >= 0.6 is 0 Å². The first-order valence-corrected chi connectivity index (χ1v) is 40.4. The average molecular weight is 1440 g/mol. The van der Waals surface area contributed by atoms with Gasteiger partial charge in [-0.05, 0) is 162 Å². The maximum absolute atomic E-state index is 6.82. The van der Waals surface area contributed by atoms with E-state index >= 15 is 0 Å². The van der Waals surface area contributed by atoms with Gasteiger partial charge in [-0.25, -0.2) is 9.97 Å². The number of fused-ring (bicyclic) bond motifs is 8. The van der Waals surface area contributed by atoms with E-state index < -0.39 is 0 Å². The highest BCUT2D eigenvalue weighted by Gasteiger charge is 2.20. The predicted molar refractivity (Wildman–Crippen MR) is 469 cm³/mol. The monoisotopic (exact) mass is 1430 g/mol. The quantitative estimate of drug-likeness (QED) is 0.0302. The van der Waals surface area contributed by atoms with Crippen LogP contribution < -0.4 is 9.47 Å². The first-order valence-electron chi connectivity index (χ1n) is 40.4. The topological polar surface area (TPSA) is 88.7 Å². The number of aromatic amines is 2. The normalized spacial score (nSPS) is 12.1. The number of ether oxygens (including phenoxy) is 2. The summed E-state index contributed by atoms with van der Waals surface area (Å²) in [4.78, 5) is 23.1. The molecule has 7 heteroatoms. The number of rotatable bonds is 36. The summed E-state index contributed by atoms with van der Waals surface area (Å²) < 4.78 is 13.6. The van der Waals surface area contributed by atoms with Gasteiger partial charge in [0.05, 0.1) is 36.0 Å². The molecule has 7 nitrogen and oxygen atoms in total. The summed E-state index contributed by atoms with van der Waals surface area (Å²) in [5.41, 5.74) is 28.1. The molecule has 0 saturated heterocycles. The zero-order valence-corrected chi connectivity index (χ0v) is 64.8. The minimum atomic E-state index is 0.667. The SMILES string of the molecule is CCCCCCCCCCCCOc1cc(/C=C/c2ccc(/C=C/c3ccc(-c4c5nc(c(-c6ccc(C)cc6)c6ccc([nH]6)c(-c6ccc(C)cc6)c6nc(c(-c7ccc(C)cc7)c7ccc4[nH]7)C=C6)C=C5)cc3)cc2)c(OCCCCCCCCCCCC)cc1/C=C/c1ccc(/C=C/c2ccncc2)cc1. The molecule has 2 N–H and O–H groups in total. The van der Waals surface area contributed by atoms with Crippen LogP contribution in [-0.2, 0) is 0 Å². The molecular formula is C102H107N5O2. The molecule has 7 aromatic carbocycles. The van der Waals surface area contributed by atoms with Crippen molar-refractivity contribution in [2.45, 2.75) is 163 Å². The van der Waals surface area contributed by atoms with Crippen molar-refractivity contribution in [2.75, 3.05) is 13.2 Å². The predicted octanol–water partition coefficient (Wildman–Crippen LogP) is 28.9. The number of H-pyrrole nitrogens is 2. The lowest BCUT2D eigenvalue weighted by Crippen LogP contribution is -2.03. The fourth-order valence-corrected chi connectivity index (χ4v) is 14.7. The Morgan fingerprint density at radius 1 is 0.275 bits per heavy atom. The van der Waals surface area contributed by atoms with Gasteiger partial charge in [-0.1, -0.05) is 340 Å². The molecule has 4 aromatic heterocycles. The van der Waals surface area contributed by atoms with E-state index in [9.17, 15) is 0 Å². The Kier molecular flexibility index (Phi) is 27.3. The third-order valence-corrected chi connectivity index (χ3v) is 21.1. The number of aryl methyl sites for hydroxylation is 3. The van der Waals surface area contributed by atoms with E-state index in [0.717, 1.165) is 158 Å². The smallest absolute Gasteiger partial charge is 0.127 e. The maximum atomic E-state index is 6.82. The van der Waals surface area contributed by atoms with E-state index in [1.54, 1.807) is 0 Å². The Balaban J connectivity index is 0.784. The van der Waals surface area contributed by atoms with Crippen LogP contribution in [0.2, 0.25) is 0 Å². The van der Waals surface area contributed by atoms with E-state index in [4.69, 9.17) is 19.4 Å². The van der Waals surface area contributed by atoms with Crippen LogP contribution in [0.5, 0.6) is 11.5 Å². The molecule has 2 aliphatic heterocycles. The van der Waals surface area contributed by atoms with Crippen molar-refractivity contribution in [3.8, 4) is 56.0 Å². The van der Waals surface area contributed by atoms with Crippen molar-refractivity contribution in [1.82, 2.24) is 24.9 Å². The van der Waals surface area contributed by atoms with Gasteiger partial charge in [0.15, 0.2) is 0 Å². The molecule has 0 amide bonds. The van der Waals surface area contributed by atoms with Gasteiger partial charge in [0.1, 0.15) is 11.5 Å². The number of hydrogen-bond donors (Lipinski definition) is 2. The van der Waals surface area contributed by atoms with Gasteiger partial charge in [0.2, 0.25) is 0 Å². The highest BCUT2D eigenvalue weighted by atomic mass is 16.5. The highest BCUT2D eigenvalue weighted by molar-refractivity contribution is 6.00. The van der Waals surface area contributed by atoms with Crippen LogP contribution in [0.15, 0.2) is 207 Å². The number of hydrogen-bond acceptors (Lipinski definition) is 5. The van der Waals surface area contributed by atoms with Gasteiger partial charge in [-0.3, -0.25) is 4.98 Å². The molecule has 2 aliphatic rings. The van der Waals surface area contributed by atoms with Gasteiger partial charge < -0.3 is 19.4 Å². The fraction of sp³-hybridized carbons (Fsp3) is 0.265. The van der Waals surface area contributed by atoms with Crippen molar-refractivity contribution >= 4 is 95.0 Å². The third kappa shape index (κ3) is 21.2. The van der Waals surface area contributed by atoms with Gasteiger partial charge in [-0.15, -0.1) is 0 Å². The van der Waals surface area contributed by atoms with E-state index in [2.05, 4.69) is 304 Å². The standard InChI is InChI=1S/C102H107N5O2/c1-6-8-10-12-14-16-18-20-22-24-70-108-97-73-88(57-47-80-39-34-78(35-40-80)42-43-82-66-68-103-69-67-82)98(109-71-25-23-21-19-17-15-13-11-9-7-2)72-87(97)56-46-79-37-32-77(33-38-79)36-41-81-44-54-86(55-45-81)102-95-64-62-93(106-95)100(84-50-28-75(4)29-51-84)91-60-58-89(104-91)99(83-48-26-74(3)27-49-83)90-59-61-92(105-90)101(94-63-65-96(102)107-94)85-52-30-76(5)31-53-85/h26-69,72-73,104,107H,6-25,70-71H2,1-5H3/b41-36+,43-42+,56-46+,57-47+,99-89?,99-90?,100-91?,100-93?,101-92?,101-94?,102-95?,102-96?. The Morgan fingerprint density at radius 2 is 0.523 bits per heavy atom. The average Bonchev–Trinajstić information content (AvgIpc) is 1.62. The second-order valence-corrected chi connectivity index (χ2v) is 29.7. The molecule has 6 heterocycles. The molecule has 0 radical (unpaired) electrons. The van der Waals surface area contributed by atoms with Gasteiger partial charge >= 0.3 is 0 Å². The van der Waals surface area contributed by atoms with Crippen LogP contribution in [-0.4, -0.2) is 38.1 Å². The van der Waals surface area contributed by atoms with Gasteiger partial charge in [0.25, 0.3) is 0 Å². The van der Waals surface area contributed by atoms with E-state index in [1.165, 1.54) is 132 Å². The molecule has 0 aliphatic carbocycles. The molecule has 0 fully saturated rings. The molecule has 0 atom stereocenters. The van der Waals surface area contributed by atoms with Gasteiger partial charge in [0, 0.05) is 67.8 Å². The van der Waals surface area contributed by atoms with Crippen molar-refractivity contribution in [3.63, 3.8) is 0 Å². The number of benzene rings is 7. The number of aromatic nitrogens is 5. The Bertz CT molecular complexity index is 5100. The lowest BCUT2D eigenvalue weighted by Gasteiger charge is -2.16. The van der Waals surface area contributed by atoms with Crippen molar-refractivity contribution < 1.29 is 9.47 Å². The van der Waals surface area contributed by atoms with E-state index in [-0.39, 0.29) is 0 Å². The number of nitrogens with zero attached hydrogens (tertiary/aromatic N) is 3. The lowest BCUT2D eigenvalue weighted by molar-refractivity contribution is 0.295. The highest BCUT2D eigenvalue weighted by Crippen LogP contribution is 2.40. The number of nitrogens with one attached hydrogen (secondary N) is 2. The first-order chi connectivity index (χ1) is 53.7. The first kappa shape index (κ1) is 76.1. The summed E-state index contributed by atoms with van der Waals surface area (Å²) in [5.74, 6) is 1.75. The summed E-state index contributed by atoms with van der Waals surface area (Å²) in [6.07, 6.45) is 55.4. The summed E-state index contributed by atoms with van der Waals surface area (Å²) in [5, 5.41) is 0. The van der Waals surface area contributed by atoms with Crippen LogP contribution in [0.4, 0.5) is 0 Å². The summed E-state index contributed by atoms with van der Waals surface area (Å²) in [7, 11) is 0. The molecular weight excluding hydrogens is 1330 g/mol. The summed E-state index contributed by atoms with van der Waals surface area (Å²) in [6.45, 7) is 12.3. The third-order valence-electron chi connectivity index (χ3n) is 21.1. The van der Waals surface area contributed by atoms with Crippen LogP contribution in [0.3, 0.4) is 0 Å². The molecule has 109 heavy (non-hydrogen) atoms. The molecule has 0 unspecified atom stereocenters. The minimum Gasteiger partial charge on any atom is -0.493 e. The Hall–Kier alpha value is -11.2. The summed E-state index contributed by atoms with van der Waals surface area (Å²) >= 11 is 0. The van der Waals surface area contributed by atoms with E-state index in [0.29, 0.717) is 13.2 Å². The van der Waals surface area contributed by atoms with Crippen LogP contribution in [0.1, 0.15) is 226 Å². The van der Waals surface area contributed by atoms with Gasteiger partial charge in [-0.2, -0.15) is 0 Å². The van der Waals surface area contributed by atoms with Crippen molar-refractivity contribution in [2.24, 2.45) is 0 Å². The molecule has 552 valence electrons. The lowest BCUT2D eigenvalue weighted by atomic mass is 10.0. The van der Waals surface area contributed by atoms with Crippen LogP contribution in [0, 0.1) is 20.8 Å². The number of unbranched alkanes of at least 4 members (excludes halogenated alkanes) is 18. The second-order valence-electron chi connectivity index (χ2n) is 29.7. The molecule has 0 spiro atoms. The minimum absolute atomic E-state index is 0.667.